The second-order valence-electron chi connectivity index (χ2n) is 9.64. The Labute approximate surface area is 252 Å². The number of rotatable bonds is 9. The van der Waals surface area contributed by atoms with Gasteiger partial charge in [0.2, 0.25) is 5.88 Å². The van der Waals surface area contributed by atoms with Crippen LogP contribution in [0.4, 0.5) is 20.3 Å². The van der Waals surface area contributed by atoms with Crippen molar-refractivity contribution in [3.63, 3.8) is 0 Å². The van der Waals surface area contributed by atoms with Crippen LogP contribution in [-0.2, 0) is 16.6 Å². The molecule has 222 valence electrons. The van der Waals surface area contributed by atoms with E-state index in [-0.39, 0.29) is 16.5 Å². The molecule has 0 atom stereocenters. The molecule has 3 aromatic heterocycles. The maximum Gasteiger partial charge on any atom is 0.267 e. The molecule has 9 nitrogen and oxygen atoms in total. The molecule has 0 amide bonds. The fourth-order valence-corrected chi connectivity index (χ4v) is 5.93. The fourth-order valence-electron chi connectivity index (χ4n) is 4.51. The van der Waals surface area contributed by atoms with Gasteiger partial charge in [-0.05, 0) is 42.8 Å². The first-order valence-electron chi connectivity index (χ1n) is 12.8. The Morgan fingerprint density at radius 2 is 1.67 bits per heavy atom. The number of sulfonamides is 1. The normalized spacial score (nSPS) is 11.4. The van der Waals surface area contributed by atoms with E-state index in [4.69, 9.17) is 21.1 Å². The number of fused-ring (bicyclic) bond motifs is 1. The van der Waals surface area contributed by atoms with E-state index in [1.54, 1.807) is 26.3 Å². The molecule has 0 aliphatic heterocycles. The van der Waals surface area contributed by atoms with Gasteiger partial charge >= 0.3 is 0 Å². The number of halogens is 3. The van der Waals surface area contributed by atoms with Gasteiger partial charge in [-0.1, -0.05) is 23.7 Å². The lowest BCUT2D eigenvalue weighted by molar-refractivity contribution is 0.385. The van der Waals surface area contributed by atoms with Crippen LogP contribution in [0.1, 0.15) is 11.3 Å². The molecule has 0 aliphatic carbocycles. The first-order chi connectivity index (χ1) is 20.5. The van der Waals surface area contributed by atoms with Crippen molar-refractivity contribution in [2.75, 3.05) is 30.9 Å². The van der Waals surface area contributed by atoms with Gasteiger partial charge in [-0.25, -0.2) is 27.2 Å². The standard InChI is InChI=1S/C30H26ClF2N5O4S/c1-17-22(9-19-14-34-29(13-26(19)36-17)38(2)16-18-5-7-21(41-3)8-6-18)23-11-27(25(33)12-24(23)32)37-43(39,40)28-10-20(31)15-35-30(28)42-4/h5-15,37H,16H2,1-4H3. The van der Waals surface area contributed by atoms with Gasteiger partial charge in [0.1, 0.15) is 23.2 Å². The van der Waals surface area contributed by atoms with Gasteiger partial charge in [-0.2, -0.15) is 0 Å². The molecule has 0 saturated carbocycles. The molecule has 2 aromatic carbocycles. The molecule has 0 bridgehead atoms. The number of nitrogens with one attached hydrogen (secondary N) is 1. The summed E-state index contributed by atoms with van der Waals surface area (Å²) in [5, 5.41) is 0.644. The number of ether oxygens (including phenoxy) is 2. The maximum atomic E-state index is 15.1. The summed E-state index contributed by atoms with van der Waals surface area (Å²) in [5.41, 5.74) is 1.94. The molecule has 0 saturated heterocycles. The van der Waals surface area contributed by atoms with E-state index in [2.05, 4.69) is 19.7 Å². The second kappa shape index (κ2) is 12.0. The van der Waals surface area contributed by atoms with Crippen molar-refractivity contribution in [3.05, 3.63) is 94.9 Å². The highest BCUT2D eigenvalue weighted by molar-refractivity contribution is 7.92. The van der Waals surface area contributed by atoms with Gasteiger partial charge < -0.3 is 14.4 Å². The minimum Gasteiger partial charge on any atom is -0.497 e. The van der Waals surface area contributed by atoms with Crippen molar-refractivity contribution in [1.29, 1.82) is 0 Å². The Bertz CT molecular complexity index is 1940. The van der Waals surface area contributed by atoms with Crippen molar-refractivity contribution in [3.8, 4) is 22.8 Å². The van der Waals surface area contributed by atoms with Crippen LogP contribution in [0.5, 0.6) is 11.6 Å². The number of aromatic nitrogens is 3. The number of hydrogen-bond acceptors (Lipinski definition) is 8. The number of methoxy groups -OCH3 is 2. The third-order valence-corrected chi connectivity index (χ3v) is 8.27. The Morgan fingerprint density at radius 1 is 0.930 bits per heavy atom. The molecule has 0 unspecified atom stereocenters. The molecule has 5 rings (SSSR count). The zero-order valence-corrected chi connectivity index (χ0v) is 25.1. The Kier molecular flexibility index (Phi) is 8.34. The lowest BCUT2D eigenvalue weighted by Crippen LogP contribution is -2.17. The van der Waals surface area contributed by atoms with Crippen LogP contribution >= 0.6 is 11.6 Å². The summed E-state index contributed by atoms with van der Waals surface area (Å²) >= 11 is 5.93. The molecular formula is C30H26ClF2N5O4S. The van der Waals surface area contributed by atoms with Crippen LogP contribution < -0.4 is 19.1 Å². The summed E-state index contributed by atoms with van der Waals surface area (Å²) in [6.45, 7) is 2.28. The summed E-state index contributed by atoms with van der Waals surface area (Å²) in [6, 6.07) is 14.0. The van der Waals surface area contributed by atoms with Crippen molar-refractivity contribution >= 4 is 44.0 Å². The van der Waals surface area contributed by atoms with E-state index in [1.165, 1.54) is 13.3 Å². The molecule has 1 N–H and O–H groups in total. The predicted molar refractivity (Wildman–Crippen MR) is 161 cm³/mol. The molecule has 13 heteroatoms. The van der Waals surface area contributed by atoms with Crippen LogP contribution in [0, 0.1) is 18.6 Å². The van der Waals surface area contributed by atoms with Crippen molar-refractivity contribution in [2.24, 2.45) is 0 Å². The molecule has 0 spiro atoms. The van der Waals surface area contributed by atoms with Gasteiger partial charge in [-0.3, -0.25) is 9.71 Å². The van der Waals surface area contributed by atoms with Gasteiger partial charge in [0.15, 0.2) is 4.90 Å². The van der Waals surface area contributed by atoms with E-state index in [0.717, 1.165) is 23.4 Å². The summed E-state index contributed by atoms with van der Waals surface area (Å²) in [4.78, 5) is 14.6. The zero-order valence-electron chi connectivity index (χ0n) is 23.5. The van der Waals surface area contributed by atoms with Crippen LogP contribution in [-0.4, -0.2) is 44.6 Å². The molecule has 0 aliphatic rings. The van der Waals surface area contributed by atoms with E-state index < -0.39 is 32.2 Å². The van der Waals surface area contributed by atoms with E-state index >= 15 is 4.39 Å². The second-order valence-corrected chi connectivity index (χ2v) is 11.7. The first kappa shape index (κ1) is 29.9. The van der Waals surface area contributed by atoms with Crippen molar-refractivity contribution < 1.29 is 26.7 Å². The maximum absolute atomic E-state index is 15.1. The average molecular weight is 626 g/mol. The quantitative estimate of drug-likeness (QED) is 0.201. The number of anilines is 2. The predicted octanol–water partition coefficient (Wildman–Crippen LogP) is 6.39. The number of benzene rings is 2. The number of hydrogen-bond donors (Lipinski definition) is 1. The fraction of sp³-hybridized carbons (Fsp3) is 0.167. The van der Waals surface area contributed by atoms with Gasteiger partial charge in [0.05, 0.1) is 30.4 Å². The highest BCUT2D eigenvalue weighted by atomic mass is 35.5. The topological polar surface area (TPSA) is 107 Å². The van der Waals surface area contributed by atoms with E-state index in [1.807, 2.05) is 42.3 Å². The summed E-state index contributed by atoms with van der Waals surface area (Å²) in [7, 11) is 0.339. The van der Waals surface area contributed by atoms with Gasteiger partial charge in [-0.15, -0.1) is 0 Å². The number of aryl methyl sites for hydroxylation is 1. The molecule has 0 fully saturated rings. The molecule has 5 aromatic rings. The van der Waals surface area contributed by atoms with Crippen LogP contribution in [0.15, 0.2) is 71.9 Å². The largest absolute Gasteiger partial charge is 0.497 e. The number of pyridine rings is 3. The van der Waals surface area contributed by atoms with Gasteiger partial charge in [0.25, 0.3) is 10.0 Å². The van der Waals surface area contributed by atoms with Crippen LogP contribution in [0.25, 0.3) is 22.0 Å². The minimum atomic E-state index is -4.42. The molecule has 0 radical (unpaired) electrons. The van der Waals surface area contributed by atoms with Crippen LogP contribution in [0.3, 0.4) is 0 Å². The Morgan fingerprint density at radius 3 is 2.37 bits per heavy atom. The van der Waals surface area contributed by atoms with Crippen LogP contribution in [0.2, 0.25) is 5.02 Å². The smallest absolute Gasteiger partial charge is 0.267 e. The Balaban J connectivity index is 1.47. The van der Waals surface area contributed by atoms with E-state index in [0.29, 0.717) is 40.6 Å². The summed E-state index contributed by atoms with van der Waals surface area (Å²) in [5.74, 6) is -0.798. The van der Waals surface area contributed by atoms with Crippen molar-refractivity contribution in [2.45, 2.75) is 18.4 Å². The molecule has 3 heterocycles. The van der Waals surface area contributed by atoms with Gasteiger partial charge in [0, 0.05) is 60.3 Å². The van der Waals surface area contributed by atoms with E-state index in [9.17, 15) is 12.8 Å². The Hall–Kier alpha value is -4.55. The van der Waals surface area contributed by atoms with Crippen molar-refractivity contribution in [1.82, 2.24) is 15.0 Å². The average Bonchev–Trinajstić information content (AvgIpc) is 2.98. The summed E-state index contributed by atoms with van der Waals surface area (Å²) in [6.07, 6.45) is 2.83. The number of nitrogens with zero attached hydrogens (tertiary/aromatic N) is 4. The first-order valence-corrected chi connectivity index (χ1v) is 14.7. The third kappa shape index (κ3) is 6.30. The lowest BCUT2D eigenvalue weighted by atomic mass is 10.0. The molecule has 43 heavy (non-hydrogen) atoms. The lowest BCUT2D eigenvalue weighted by Gasteiger charge is -2.19. The molecular weight excluding hydrogens is 600 g/mol. The highest BCUT2D eigenvalue weighted by Gasteiger charge is 2.24. The third-order valence-electron chi connectivity index (χ3n) is 6.70. The zero-order chi connectivity index (χ0) is 30.9. The highest BCUT2D eigenvalue weighted by Crippen LogP contribution is 2.34. The summed E-state index contributed by atoms with van der Waals surface area (Å²) < 4.78 is 68.6. The minimum absolute atomic E-state index is 0.0306. The monoisotopic (exact) mass is 625 g/mol. The SMILES string of the molecule is COc1ccc(CN(C)c2cc3nc(C)c(-c4cc(NS(=O)(=O)c5cc(Cl)cnc5OC)c(F)cc4F)cc3cn2)cc1.